The number of hydrogen-bond acceptors (Lipinski definition) is 3. The summed E-state index contributed by atoms with van der Waals surface area (Å²) in [7, 11) is 0. The first kappa shape index (κ1) is 20.8. The highest BCUT2D eigenvalue weighted by Gasteiger charge is 2.20. The molecule has 0 atom stereocenters. The van der Waals surface area contributed by atoms with Gasteiger partial charge in [0.05, 0.1) is 5.69 Å². The maximum absolute atomic E-state index is 12.9. The summed E-state index contributed by atoms with van der Waals surface area (Å²) in [4.78, 5) is 17.4. The second-order valence-electron chi connectivity index (χ2n) is 6.57. The summed E-state index contributed by atoms with van der Waals surface area (Å²) >= 11 is 13.1. The van der Waals surface area contributed by atoms with Crippen LogP contribution in [0.1, 0.15) is 16.2 Å². The lowest BCUT2D eigenvalue weighted by Gasteiger charge is -2.09. The number of carbonyl (C=O) groups excluding carboxylic acids is 1. The van der Waals surface area contributed by atoms with E-state index in [0.717, 1.165) is 25.8 Å². The van der Waals surface area contributed by atoms with E-state index in [1.165, 1.54) is 0 Å². The average molecular weight is 547 g/mol. The molecule has 0 aliphatic heterocycles. The molecular weight excluding hydrogens is 532 g/mol. The molecule has 4 aromatic rings. The number of nitrogens with one attached hydrogen (secondary N) is 1. The Morgan fingerprint density at radius 2 is 1.77 bits per heavy atom. The van der Waals surface area contributed by atoms with Crippen molar-refractivity contribution in [2.24, 2.45) is 0 Å². The van der Waals surface area contributed by atoms with Crippen LogP contribution in [0.5, 0.6) is 0 Å². The van der Waals surface area contributed by atoms with Gasteiger partial charge in [0.1, 0.15) is 0 Å². The van der Waals surface area contributed by atoms with E-state index in [1.807, 2.05) is 67.6 Å². The van der Waals surface area contributed by atoms with Crippen molar-refractivity contribution in [3.05, 3.63) is 92.1 Å². The molecule has 1 N–H and O–H groups in total. The van der Waals surface area contributed by atoms with E-state index in [4.69, 9.17) is 11.6 Å². The third kappa shape index (κ3) is 4.48. The smallest absolute Gasteiger partial charge is 0.295 e. The lowest BCUT2D eigenvalue weighted by atomic mass is 10.2. The van der Waals surface area contributed by atoms with Crippen molar-refractivity contribution >= 4 is 55.1 Å². The molecular formula is C22H15Br2ClN4O. The van der Waals surface area contributed by atoms with E-state index in [0.29, 0.717) is 16.5 Å². The predicted molar refractivity (Wildman–Crippen MR) is 126 cm³/mol. The van der Waals surface area contributed by atoms with Crippen LogP contribution in [0.4, 0.5) is 5.69 Å². The Hall–Kier alpha value is -2.48. The summed E-state index contributed by atoms with van der Waals surface area (Å²) in [5, 5.41) is 7.92. The highest BCUT2D eigenvalue weighted by atomic mass is 79.9. The lowest BCUT2D eigenvalue weighted by Crippen LogP contribution is -2.14. The highest BCUT2D eigenvalue weighted by molar-refractivity contribution is 9.10. The second kappa shape index (κ2) is 8.71. The molecule has 0 saturated carbocycles. The maximum atomic E-state index is 12.9. The van der Waals surface area contributed by atoms with Gasteiger partial charge in [-0.15, -0.1) is 5.10 Å². The normalized spacial score (nSPS) is 10.8. The Bertz CT molecular complexity index is 1240. The monoisotopic (exact) mass is 544 g/mol. The van der Waals surface area contributed by atoms with Gasteiger partial charge in [0.2, 0.25) is 5.82 Å². The molecule has 1 aromatic heterocycles. The first-order valence-electron chi connectivity index (χ1n) is 8.97. The molecule has 0 fully saturated rings. The Balaban J connectivity index is 1.80. The summed E-state index contributed by atoms with van der Waals surface area (Å²) in [6.07, 6.45) is 0. The number of amides is 1. The minimum atomic E-state index is -0.398. The topological polar surface area (TPSA) is 59.8 Å². The van der Waals surface area contributed by atoms with Gasteiger partial charge in [-0.1, -0.05) is 67.7 Å². The van der Waals surface area contributed by atoms with Gasteiger partial charge in [-0.05, 0) is 55.0 Å². The molecule has 8 heteroatoms. The number of rotatable bonds is 4. The zero-order valence-electron chi connectivity index (χ0n) is 15.7. The zero-order valence-corrected chi connectivity index (χ0v) is 19.7. The van der Waals surface area contributed by atoms with Crippen molar-refractivity contribution in [1.29, 1.82) is 0 Å². The standard InChI is InChI=1S/C22H15Br2ClN4O/c1-13-5-10-17(25)12-19(13)29-21(14-6-8-15(23)9-7-14)27-20(28-29)22(30)26-18-4-2-3-16(24)11-18/h2-12H,1H3,(H,26,30). The molecule has 0 aliphatic rings. The first-order valence-corrected chi connectivity index (χ1v) is 10.9. The fraction of sp³-hybridized carbons (Fsp3) is 0.0455. The van der Waals surface area contributed by atoms with Crippen LogP contribution in [-0.2, 0) is 0 Å². The van der Waals surface area contributed by atoms with Gasteiger partial charge >= 0.3 is 0 Å². The predicted octanol–water partition coefficient (Wildman–Crippen LogP) is 6.67. The second-order valence-corrected chi connectivity index (χ2v) is 8.84. The van der Waals surface area contributed by atoms with E-state index in [-0.39, 0.29) is 5.82 Å². The quantitative estimate of drug-likeness (QED) is 0.311. The number of aromatic nitrogens is 3. The molecule has 0 aliphatic carbocycles. The fourth-order valence-electron chi connectivity index (χ4n) is 2.93. The zero-order chi connectivity index (χ0) is 21.3. The number of anilines is 1. The summed E-state index contributed by atoms with van der Waals surface area (Å²) in [6, 6.07) is 20.5. The molecule has 5 nitrogen and oxygen atoms in total. The van der Waals surface area contributed by atoms with Crippen molar-refractivity contribution in [3.8, 4) is 17.1 Å². The van der Waals surface area contributed by atoms with E-state index < -0.39 is 5.91 Å². The molecule has 0 saturated heterocycles. The van der Waals surface area contributed by atoms with Gasteiger partial charge in [0, 0.05) is 25.2 Å². The van der Waals surface area contributed by atoms with Crippen LogP contribution in [0, 0.1) is 6.92 Å². The van der Waals surface area contributed by atoms with E-state index in [1.54, 1.807) is 10.7 Å². The summed E-state index contributed by atoms with van der Waals surface area (Å²) in [5.74, 6) is 0.212. The molecule has 30 heavy (non-hydrogen) atoms. The van der Waals surface area contributed by atoms with Crippen molar-refractivity contribution in [1.82, 2.24) is 14.8 Å². The molecule has 3 aromatic carbocycles. The SMILES string of the molecule is Cc1ccc(Cl)cc1-n1nc(C(=O)Nc2cccc(Br)c2)nc1-c1ccc(Br)cc1. The van der Waals surface area contributed by atoms with Gasteiger partial charge in [-0.2, -0.15) is 0 Å². The van der Waals surface area contributed by atoms with Crippen LogP contribution < -0.4 is 5.32 Å². The third-order valence-electron chi connectivity index (χ3n) is 4.39. The highest BCUT2D eigenvalue weighted by Crippen LogP contribution is 2.27. The van der Waals surface area contributed by atoms with Crippen LogP contribution in [0.3, 0.4) is 0 Å². The van der Waals surface area contributed by atoms with Crippen molar-refractivity contribution < 1.29 is 4.79 Å². The minimum absolute atomic E-state index is 0.0623. The van der Waals surface area contributed by atoms with E-state index >= 15 is 0 Å². The van der Waals surface area contributed by atoms with Crippen LogP contribution in [-0.4, -0.2) is 20.7 Å². The van der Waals surface area contributed by atoms with Crippen LogP contribution in [0.15, 0.2) is 75.7 Å². The number of nitrogens with zero attached hydrogens (tertiary/aromatic N) is 3. The third-order valence-corrected chi connectivity index (χ3v) is 5.65. The Labute approximate surface area is 195 Å². The van der Waals surface area contributed by atoms with Gasteiger partial charge < -0.3 is 5.32 Å². The fourth-order valence-corrected chi connectivity index (χ4v) is 3.76. The summed E-state index contributed by atoms with van der Waals surface area (Å²) in [6.45, 7) is 1.96. The van der Waals surface area contributed by atoms with Crippen LogP contribution in [0.25, 0.3) is 17.1 Å². The Kier molecular flexibility index (Phi) is 6.04. The largest absolute Gasteiger partial charge is 0.319 e. The maximum Gasteiger partial charge on any atom is 0.295 e. The number of benzene rings is 3. The van der Waals surface area contributed by atoms with Gasteiger partial charge in [-0.3, -0.25) is 4.79 Å². The van der Waals surface area contributed by atoms with E-state index in [2.05, 4.69) is 47.3 Å². The Morgan fingerprint density at radius 1 is 1.00 bits per heavy atom. The molecule has 0 spiro atoms. The van der Waals surface area contributed by atoms with Gasteiger partial charge in [-0.25, -0.2) is 9.67 Å². The average Bonchev–Trinajstić information content (AvgIpc) is 3.16. The molecule has 0 radical (unpaired) electrons. The van der Waals surface area contributed by atoms with Gasteiger partial charge in [0.15, 0.2) is 5.82 Å². The first-order chi connectivity index (χ1) is 14.4. The number of carbonyl (C=O) groups is 1. The van der Waals surface area contributed by atoms with Crippen molar-refractivity contribution in [2.45, 2.75) is 6.92 Å². The molecule has 0 unspecified atom stereocenters. The summed E-state index contributed by atoms with van der Waals surface area (Å²) < 4.78 is 3.47. The van der Waals surface area contributed by atoms with Crippen LogP contribution in [0.2, 0.25) is 5.02 Å². The van der Waals surface area contributed by atoms with Crippen molar-refractivity contribution in [3.63, 3.8) is 0 Å². The molecule has 150 valence electrons. The van der Waals surface area contributed by atoms with Gasteiger partial charge in [0.25, 0.3) is 5.91 Å². The number of halogens is 3. The summed E-state index contributed by atoms with van der Waals surface area (Å²) in [5.41, 5.74) is 3.19. The van der Waals surface area contributed by atoms with Crippen molar-refractivity contribution in [2.75, 3.05) is 5.32 Å². The molecule has 1 heterocycles. The lowest BCUT2D eigenvalue weighted by molar-refractivity contribution is 0.101. The number of hydrogen-bond donors (Lipinski definition) is 1. The number of aryl methyl sites for hydroxylation is 1. The minimum Gasteiger partial charge on any atom is -0.319 e. The molecule has 4 rings (SSSR count). The molecule has 1 amide bonds. The Morgan fingerprint density at radius 3 is 2.50 bits per heavy atom. The van der Waals surface area contributed by atoms with E-state index in [9.17, 15) is 4.79 Å². The molecule has 0 bridgehead atoms. The van der Waals surface area contributed by atoms with Crippen LogP contribution >= 0.6 is 43.5 Å².